The van der Waals surface area contributed by atoms with E-state index < -0.39 is 12.1 Å². The van der Waals surface area contributed by atoms with E-state index in [2.05, 4.69) is 5.16 Å². The normalized spacial score (nSPS) is 15.5. The van der Waals surface area contributed by atoms with Crippen molar-refractivity contribution in [2.45, 2.75) is 71.6 Å². The lowest BCUT2D eigenvalue weighted by molar-refractivity contribution is -0.141. The molecule has 162 valence electrons. The van der Waals surface area contributed by atoms with Gasteiger partial charge in [-0.1, -0.05) is 30.5 Å². The number of rotatable bonds is 7. The van der Waals surface area contributed by atoms with Gasteiger partial charge in [0.25, 0.3) is 5.91 Å². The Hall–Kier alpha value is -2.83. The molecule has 0 aliphatic heterocycles. The maximum atomic E-state index is 12.7. The summed E-state index contributed by atoms with van der Waals surface area (Å²) in [5, 5.41) is 3.91. The number of carbonyl (C=O) groups is 2. The van der Waals surface area contributed by atoms with Gasteiger partial charge >= 0.3 is 5.97 Å². The highest BCUT2D eigenvalue weighted by Gasteiger charge is 2.28. The number of benzene rings is 1. The minimum Gasteiger partial charge on any atom is -0.489 e. The first-order valence-corrected chi connectivity index (χ1v) is 10.5. The fourth-order valence-corrected chi connectivity index (χ4v) is 3.79. The Labute approximate surface area is 177 Å². The Morgan fingerprint density at radius 1 is 1.23 bits per heavy atom. The number of aryl methyl sites for hydroxylation is 2. The number of aromatic nitrogens is 1. The lowest BCUT2D eigenvalue weighted by atomic mass is 9.94. The molecule has 1 heterocycles. The van der Waals surface area contributed by atoms with Gasteiger partial charge in [0.2, 0.25) is 0 Å². The molecule has 7 heteroatoms. The second-order valence-corrected chi connectivity index (χ2v) is 7.91. The molecule has 2 aromatic rings. The van der Waals surface area contributed by atoms with Crippen molar-refractivity contribution in [2.75, 3.05) is 7.05 Å². The van der Waals surface area contributed by atoms with Crippen LogP contribution in [0.4, 0.5) is 0 Å². The van der Waals surface area contributed by atoms with E-state index in [0.29, 0.717) is 23.7 Å². The number of carbonyl (C=O) groups excluding carboxylic acids is 2. The Balaban J connectivity index is 1.58. The van der Waals surface area contributed by atoms with Crippen molar-refractivity contribution in [1.29, 1.82) is 0 Å². The predicted octanol–water partition coefficient (Wildman–Crippen LogP) is 4.21. The van der Waals surface area contributed by atoms with Crippen LogP contribution < -0.4 is 4.74 Å². The zero-order valence-corrected chi connectivity index (χ0v) is 18.1. The van der Waals surface area contributed by atoms with Crippen LogP contribution in [0.1, 0.15) is 66.4 Å². The second kappa shape index (κ2) is 9.78. The molecule has 1 atom stereocenters. The molecule has 1 saturated carbocycles. The standard InChI is InChI=1S/C23H30N2O5/c1-15-21(16(2)30-24-15)14-28-20-12-8-9-18(13-20)23(27)29-17(3)22(26)25(4)19-10-6-5-7-11-19/h8-9,12-13,17,19H,5-7,10-11,14H2,1-4H3/t17-/m0/s1. The molecule has 1 aliphatic rings. The molecule has 30 heavy (non-hydrogen) atoms. The van der Waals surface area contributed by atoms with Gasteiger partial charge in [-0.3, -0.25) is 4.79 Å². The van der Waals surface area contributed by atoms with Gasteiger partial charge in [0.05, 0.1) is 16.8 Å². The molecule has 1 amide bonds. The molecule has 1 aromatic carbocycles. The van der Waals surface area contributed by atoms with Gasteiger partial charge in [-0.15, -0.1) is 0 Å². The van der Waals surface area contributed by atoms with E-state index in [1.165, 1.54) is 6.42 Å². The van der Waals surface area contributed by atoms with E-state index in [9.17, 15) is 9.59 Å². The zero-order valence-electron chi connectivity index (χ0n) is 18.1. The van der Waals surface area contributed by atoms with Crippen LogP contribution in [-0.2, 0) is 16.1 Å². The average Bonchev–Trinajstić information content (AvgIpc) is 3.09. The summed E-state index contributed by atoms with van der Waals surface area (Å²) in [4.78, 5) is 27.0. The summed E-state index contributed by atoms with van der Waals surface area (Å²) in [5.74, 6) is 0.525. The van der Waals surface area contributed by atoms with Crippen molar-refractivity contribution in [1.82, 2.24) is 10.1 Å². The molecular formula is C23H30N2O5. The van der Waals surface area contributed by atoms with E-state index in [-0.39, 0.29) is 11.9 Å². The molecule has 1 aliphatic carbocycles. The third-order valence-electron chi connectivity index (χ3n) is 5.74. The summed E-state index contributed by atoms with van der Waals surface area (Å²) >= 11 is 0. The van der Waals surface area contributed by atoms with Gasteiger partial charge in [-0.05, 0) is 51.8 Å². The predicted molar refractivity (Wildman–Crippen MR) is 111 cm³/mol. The van der Waals surface area contributed by atoms with E-state index >= 15 is 0 Å². The number of ether oxygens (including phenoxy) is 2. The minimum absolute atomic E-state index is 0.166. The van der Waals surface area contributed by atoms with Crippen molar-refractivity contribution >= 4 is 11.9 Å². The van der Waals surface area contributed by atoms with Gasteiger partial charge < -0.3 is 18.9 Å². The number of amides is 1. The first kappa shape index (κ1) is 21.9. The topological polar surface area (TPSA) is 81.9 Å². The summed E-state index contributed by atoms with van der Waals surface area (Å²) in [6, 6.07) is 6.98. The number of likely N-dealkylation sites (N-methyl/N-ethyl adjacent to an activating group) is 1. The van der Waals surface area contributed by atoms with Crippen LogP contribution in [0, 0.1) is 13.8 Å². The van der Waals surface area contributed by atoms with Crippen molar-refractivity contribution in [3.63, 3.8) is 0 Å². The molecule has 0 N–H and O–H groups in total. The lowest BCUT2D eigenvalue weighted by Crippen LogP contribution is -2.44. The molecular weight excluding hydrogens is 384 g/mol. The van der Waals surface area contributed by atoms with Crippen molar-refractivity contribution in [3.8, 4) is 5.75 Å². The lowest BCUT2D eigenvalue weighted by Gasteiger charge is -2.32. The van der Waals surface area contributed by atoms with Crippen LogP contribution in [-0.4, -0.2) is 41.1 Å². The SMILES string of the molecule is Cc1noc(C)c1COc1cccc(C(=O)O[C@@H](C)C(=O)N(C)C2CCCCC2)c1. The quantitative estimate of drug-likeness (QED) is 0.632. The first-order chi connectivity index (χ1) is 14.4. The molecule has 0 unspecified atom stereocenters. The highest BCUT2D eigenvalue weighted by atomic mass is 16.5. The number of hydrogen-bond donors (Lipinski definition) is 0. The van der Waals surface area contributed by atoms with Gasteiger partial charge in [0.15, 0.2) is 6.10 Å². The number of nitrogens with zero attached hydrogens (tertiary/aromatic N) is 2. The van der Waals surface area contributed by atoms with Crippen molar-refractivity contribution in [3.05, 3.63) is 46.8 Å². The van der Waals surface area contributed by atoms with E-state index in [0.717, 1.165) is 36.9 Å². The van der Waals surface area contributed by atoms with Crippen LogP contribution in [0.2, 0.25) is 0 Å². The second-order valence-electron chi connectivity index (χ2n) is 7.91. The molecule has 7 nitrogen and oxygen atoms in total. The molecule has 0 bridgehead atoms. The Kier molecular flexibility index (Phi) is 7.13. The molecule has 1 fully saturated rings. The highest BCUT2D eigenvalue weighted by Crippen LogP contribution is 2.23. The van der Waals surface area contributed by atoms with Gasteiger partial charge in [0.1, 0.15) is 18.1 Å². The molecule has 1 aromatic heterocycles. The number of esters is 1. The fraction of sp³-hybridized carbons (Fsp3) is 0.522. The molecule has 0 saturated heterocycles. The fourth-order valence-electron chi connectivity index (χ4n) is 3.79. The largest absolute Gasteiger partial charge is 0.489 e. The maximum absolute atomic E-state index is 12.7. The summed E-state index contributed by atoms with van der Waals surface area (Å²) < 4.78 is 16.4. The monoisotopic (exact) mass is 414 g/mol. The smallest absolute Gasteiger partial charge is 0.339 e. The van der Waals surface area contributed by atoms with Gasteiger partial charge in [-0.25, -0.2) is 4.79 Å². The first-order valence-electron chi connectivity index (χ1n) is 10.5. The van der Waals surface area contributed by atoms with E-state index in [1.807, 2.05) is 13.8 Å². The average molecular weight is 415 g/mol. The van der Waals surface area contributed by atoms with E-state index in [1.54, 1.807) is 43.1 Å². The van der Waals surface area contributed by atoms with Crippen molar-refractivity contribution < 1.29 is 23.6 Å². The summed E-state index contributed by atoms with van der Waals surface area (Å²) in [5.41, 5.74) is 2.00. The van der Waals surface area contributed by atoms with Gasteiger partial charge in [-0.2, -0.15) is 0 Å². The van der Waals surface area contributed by atoms with Crippen LogP contribution in [0.15, 0.2) is 28.8 Å². The molecule has 3 rings (SSSR count). The minimum atomic E-state index is -0.837. The zero-order chi connectivity index (χ0) is 21.7. The number of hydrogen-bond acceptors (Lipinski definition) is 6. The van der Waals surface area contributed by atoms with Crippen molar-refractivity contribution in [2.24, 2.45) is 0 Å². The van der Waals surface area contributed by atoms with Gasteiger partial charge in [0, 0.05) is 13.1 Å². The molecule has 0 spiro atoms. The third kappa shape index (κ3) is 5.20. The van der Waals surface area contributed by atoms with Crippen LogP contribution in [0.5, 0.6) is 5.75 Å². The van der Waals surface area contributed by atoms with E-state index in [4.69, 9.17) is 14.0 Å². The van der Waals surface area contributed by atoms with Crippen LogP contribution in [0.3, 0.4) is 0 Å². The Morgan fingerprint density at radius 2 is 1.97 bits per heavy atom. The van der Waals surface area contributed by atoms with Crippen LogP contribution >= 0.6 is 0 Å². The Bertz CT molecular complexity index is 866. The summed E-state index contributed by atoms with van der Waals surface area (Å²) in [6.07, 6.45) is 4.67. The molecule has 0 radical (unpaired) electrons. The Morgan fingerprint density at radius 3 is 2.63 bits per heavy atom. The van der Waals surface area contributed by atoms with Crippen LogP contribution in [0.25, 0.3) is 0 Å². The third-order valence-corrected chi connectivity index (χ3v) is 5.74. The maximum Gasteiger partial charge on any atom is 0.339 e. The highest BCUT2D eigenvalue weighted by molar-refractivity contribution is 5.92. The summed E-state index contributed by atoms with van der Waals surface area (Å²) in [7, 11) is 1.80. The summed E-state index contributed by atoms with van der Waals surface area (Å²) in [6.45, 7) is 5.60.